The Hall–Kier alpha value is -1.73. The van der Waals surface area contributed by atoms with Crippen molar-refractivity contribution in [2.45, 2.75) is 51.0 Å². The number of nitrogens with one attached hydrogen (secondary N) is 1. The van der Waals surface area contributed by atoms with E-state index in [1.165, 1.54) is 68.5 Å². The van der Waals surface area contributed by atoms with Crippen molar-refractivity contribution in [3.63, 3.8) is 0 Å². The predicted octanol–water partition coefficient (Wildman–Crippen LogP) is 4.08. The molecule has 5 rings (SSSR count). The van der Waals surface area contributed by atoms with Crippen molar-refractivity contribution in [2.75, 3.05) is 46.3 Å². The molecule has 6 heteroatoms. The molecule has 174 valence electrons. The fraction of sp³-hybridized carbons (Fsp3) is 0.577. The molecule has 5 nitrogen and oxygen atoms in total. The largest absolute Gasteiger partial charge is 0.338 e. The number of likely N-dealkylation sites (tertiary alicyclic amines) is 2. The molecule has 3 fully saturated rings. The molecule has 1 amide bonds. The molecule has 1 unspecified atom stereocenters. The van der Waals surface area contributed by atoms with Gasteiger partial charge in [-0.15, -0.1) is 11.3 Å². The van der Waals surface area contributed by atoms with Crippen molar-refractivity contribution in [1.82, 2.24) is 15.1 Å². The number of hydrogen-bond donors (Lipinski definition) is 2. The minimum Gasteiger partial charge on any atom is -0.338 e. The van der Waals surface area contributed by atoms with E-state index < -0.39 is 0 Å². The third-order valence-corrected chi connectivity index (χ3v) is 8.53. The second-order valence-corrected chi connectivity index (χ2v) is 10.3. The molecule has 0 aliphatic carbocycles. The first-order valence-electron chi connectivity index (χ1n) is 12.2. The second-order valence-electron chi connectivity index (χ2n) is 9.20. The fourth-order valence-electron chi connectivity index (χ4n) is 5.37. The van der Waals surface area contributed by atoms with Gasteiger partial charge in [0.05, 0.1) is 4.88 Å². The zero-order chi connectivity index (χ0) is 22.5. The summed E-state index contributed by atoms with van der Waals surface area (Å²) in [5.74, 6) is 0.907. The number of benzene rings is 1. The lowest BCUT2D eigenvalue weighted by molar-refractivity contribution is 0.0797. The molecule has 3 saturated heterocycles. The van der Waals surface area contributed by atoms with E-state index in [2.05, 4.69) is 53.2 Å². The monoisotopic (exact) mass is 454 g/mol. The molecule has 0 saturated carbocycles. The van der Waals surface area contributed by atoms with E-state index >= 15 is 0 Å². The van der Waals surface area contributed by atoms with Crippen LogP contribution in [0.25, 0.3) is 10.4 Å². The summed E-state index contributed by atoms with van der Waals surface area (Å²) in [6, 6.07) is 12.1. The molecule has 0 bridgehead atoms. The number of amides is 1. The lowest BCUT2D eigenvalue weighted by Gasteiger charge is -2.35. The van der Waals surface area contributed by atoms with Crippen molar-refractivity contribution in [1.29, 1.82) is 0 Å². The maximum Gasteiger partial charge on any atom is 0.264 e. The molecule has 32 heavy (non-hydrogen) atoms. The molecule has 1 aromatic carbocycles. The van der Waals surface area contributed by atoms with Crippen LogP contribution in [0.4, 0.5) is 0 Å². The molecule has 1 aromatic heterocycles. The van der Waals surface area contributed by atoms with Crippen LogP contribution in [0.5, 0.6) is 0 Å². The number of aryl methyl sites for hydroxylation is 1. The lowest BCUT2D eigenvalue weighted by atomic mass is 9.88. The van der Waals surface area contributed by atoms with Crippen LogP contribution < -0.4 is 11.1 Å². The minimum atomic E-state index is 0.224. The summed E-state index contributed by atoms with van der Waals surface area (Å²) >= 11 is 1.66. The van der Waals surface area contributed by atoms with Crippen LogP contribution >= 0.6 is 11.3 Å². The van der Waals surface area contributed by atoms with Gasteiger partial charge in [-0.1, -0.05) is 24.3 Å². The maximum atomic E-state index is 12.8. The Bertz CT molecular complexity index is 874. The van der Waals surface area contributed by atoms with Crippen LogP contribution in [0.1, 0.15) is 58.8 Å². The third-order valence-electron chi connectivity index (χ3n) is 7.25. The second kappa shape index (κ2) is 10.9. The average Bonchev–Trinajstić information content (AvgIpc) is 3.63. The average molecular weight is 455 g/mol. The summed E-state index contributed by atoms with van der Waals surface area (Å²) < 4.78 is 0. The lowest BCUT2D eigenvalue weighted by Crippen LogP contribution is -2.42. The Morgan fingerprint density at radius 1 is 1.03 bits per heavy atom. The van der Waals surface area contributed by atoms with Crippen molar-refractivity contribution in [3.05, 3.63) is 46.3 Å². The van der Waals surface area contributed by atoms with Gasteiger partial charge < -0.3 is 16.0 Å². The van der Waals surface area contributed by atoms with E-state index in [0.717, 1.165) is 42.4 Å². The summed E-state index contributed by atoms with van der Waals surface area (Å²) in [5.41, 5.74) is 8.33. The number of carbonyl (C=O) groups excluding carboxylic acids is 1. The summed E-state index contributed by atoms with van der Waals surface area (Å²) in [6.45, 7) is 8.70. The first-order valence-corrected chi connectivity index (χ1v) is 13.0. The van der Waals surface area contributed by atoms with E-state index in [1.807, 2.05) is 4.90 Å². The van der Waals surface area contributed by atoms with Crippen molar-refractivity contribution >= 4 is 17.2 Å². The van der Waals surface area contributed by atoms with Crippen LogP contribution in [0.15, 0.2) is 30.3 Å². The van der Waals surface area contributed by atoms with Crippen molar-refractivity contribution in [3.8, 4) is 10.4 Å². The van der Waals surface area contributed by atoms with Crippen molar-refractivity contribution in [2.24, 2.45) is 5.73 Å². The number of hydrogen-bond acceptors (Lipinski definition) is 5. The number of thiophene rings is 1. The Kier molecular flexibility index (Phi) is 8.00. The van der Waals surface area contributed by atoms with Gasteiger partial charge in [0, 0.05) is 30.6 Å². The Morgan fingerprint density at radius 3 is 2.34 bits per heavy atom. The topological polar surface area (TPSA) is 61.6 Å². The maximum absolute atomic E-state index is 12.8. The molecular weight excluding hydrogens is 416 g/mol. The highest BCUT2D eigenvalue weighted by atomic mass is 32.1. The number of nitrogens with two attached hydrogens (primary N) is 1. The SMILES string of the molecule is CN.Cc1cc(-c2ccc(C3CCN(C4CCNC4)CC3)cc2)sc1C(=O)N1CCCC1. The van der Waals surface area contributed by atoms with Gasteiger partial charge in [-0.3, -0.25) is 9.69 Å². The third kappa shape index (κ3) is 5.09. The normalized spacial score (nSPS) is 22.1. The highest BCUT2D eigenvalue weighted by Crippen LogP contribution is 2.35. The van der Waals surface area contributed by atoms with Gasteiger partial charge in [-0.05, 0) is 94.4 Å². The first kappa shape index (κ1) is 23.4. The van der Waals surface area contributed by atoms with E-state index in [-0.39, 0.29) is 5.91 Å². The van der Waals surface area contributed by atoms with E-state index in [4.69, 9.17) is 0 Å². The molecule has 0 spiro atoms. The van der Waals surface area contributed by atoms with Crippen LogP contribution in [-0.2, 0) is 0 Å². The number of carbonyl (C=O) groups is 1. The van der Waals surface area contributed by atoms with Crippen LogP contribution in [0.2, 0.25) is 0 Å². The highest BCUT2D eigenvalue weighted by molar-refractivity contribution is 7.17. The molecular formula is C26H38N4OS. The summed E-state index contributed by atoms with van der Waals surface area (Å²) in [5, 5.41) is 3.50. The van der Waals surface area contributed by atoms with Crippen molar-refractivity contribution < 1.29 is 4.79 Å². The Labute approximate surface area is 197 Å². The summed E-state index contributed by atoms with van der Waals surface area (Å²) in [4.78, 5) is 19.7. The standard InChI is InChI=1S/C25H33N3OS.CH5N/c1-18-16-23(30-24(18)25(29)28-12-2-3-13-28)21-6-4-19(5-7-21)20-9-14-27(15-10-20)22-8-11-26-17-22;1-2/h4-7,16,20,22,26H,2-3,8-15,17H2,1H3;2H2,1H3. The molecule has 1 atom stereocenters. The highest BCUT2D eigenvalue weighted by Gasteiger charge is 2.28. The molecule has 3 aliphatic rings. The van der Waals surface area contributed by atoms with Crippen LogP contribution in [-0.4, -0.2) is 68.1 Å². The molecule has 4 heterocycles. The molecule has 3 N–H and O–H groups in total. The minimum absolute atomic E-state index is 0.224. The first-order chi connectivity index (χ1) is 15.7. The zero-order valence-corrected chi connectivity index (χ0v) is 20.4. The van der Waals surface area contributed by atoms with Gasteiger partial charge in [0.15, 0.2) is 0 Å². The molecule has 3 aliphatic heterocycles. The van der Waals surface area contributed by atoms with E-state index in [1.54, 1.807) is 11.3 Å². The van der Waals surface area contributed by atoms with E-state index in [0.29, 0.717) is 5.92 Å². The molecule has 0 radical (unpaired) electrons. The van der Waals surface area contributed by atoms with Gasteiger partial charge in [-0.25, -0.2) is 0 Å². The Balaban J connectivity index is 0.00000119. The van der Waals surface area contributed by atoms with Gasteiger partial charge in [-0.2, -0.15) is 0 Å². The van der Waals surface area contributed by atoms with Gasteiger partial charge in [0.2, 0.25) is 0 Å². The number of rotatable bonds is 4. The molecule has 2 aromatic rings. The Morgan fingerprint density at radius 2 is 1.72 bits per heavy atom. The predicted molar refractivity (Wildman–Crippen MR) is 135 cm³/mol. The summed E-state index contributed by atoms with van der Waals surface area (Å²) in [6.07, 6.45) is 6.12. The summed E-state index contributed by atoms with van der Waals surface area (Å²) in [7, 11) is 1.50. The van der Waals surface area contributed by atoms with Crippen LogP contribution in [0, 0.1) is 6.92 Å². The van der Waals surface area contributed by atoms with Gasteiger partial charge >= 0.3 is 0 Å². The van der Waals surface area contributed by atoms with E-state index in [9.17, 15) is 4.79 Å². The van der Waals surface area contributed by atoms with Gasteiger partial charge in [0.1, 0.15) is 0 Å². The fourth-order valence-corrected chi connectivity index (χ4v) is 6.51. The quantitative estimate of drug-likeness (QED) is 0.731. The van der Waals surface area contributed by atoms with Crippen LogP contribution in [0.3, 0.4) is 0 Å². The number of piperidine rings is 1. The van der Waals surface area contributed by atoms with Gasteiger partial charge in [0.25, 0.3) is 5.91 Å². The smallest absolute Gasteiger partial charge is 0.264 e. The zero-order valence-electron chi connectivity index (χ0n) is 19.6. The number of nitrogens with zero attached hydrogens (tertiary/aromatic N) is 2.